The molecule has 0 saturated heterocycles. The Balaban J connectivity index is 2.43. The fraction of sp³-hybridized carbons (Fsp3) is 0.250. The molecule has 2 rings (SSSR count). The monoisotopic (exact) mass is 363 g/mol. The van der Waals surface area contributed by atoms with E-state index in [9.17, 15) is 17.6 Å². The van der Waals surface area contributed by atoms with E-state index in [2.05, 4.69) is 20.7 Å². The second-order valence-electron chi connectivity index (χ2n) is 4.33. The quantitative estimate of drug-likeness (QED) is 0.803. The Bertz CT molecular complexity index is 679. The number of benzene rings is 1. The van der Waals surface area contributed by atoms with Crippen LogP contribution in [-0.4, -0.2) is 25.5 Å². The van der Waals surface area contributed by atoms with Crippen LogP contribution in [0.2, 0.25) is 0 Å². The molecule has 0 atom stereocenters. The molecule has 1 aromatic rings. The molecular formula is C12H11BrFNO4S. The number of carboxylic acids is 1. The molecule has 0 aromatic heterocycles. The van der Waals surface area contributed by atoms with Crippen LogP contribution in [0.25, 0.3) is 0 Å². The normalized spacial score (nSPS) is 15.7. The Labute approximate surface area is 123 Å². The van der Waals surface area contributed by atoms with Crippen molar-refractivity contribution < 1.29 is 22.7 Å². The minimum absolute atomic E-state index is 0.182. The summed E-state index contributed by atoms with van der Waals surface area (Å²) in [6, 6.07) is 1.74. The third kappa shape index (κ3) is 3.08. The largest absolute Gasteiger partial charge is 0.478 e. The van der Waals surface area contributed by atoms with Gasteiger partial charge in [0.2, 0.25) is 10.0 Å². The molecule has 2 N–H and O–H groups in total. The summed E-state index contributed by atoms with van der Waals surface area (Å²) >= 11 is 2.99. The van der Waals surface area contributed by atoms with E-state index in [0.717, 1.165) is 12.1 Å². The number of nitrogens with one attached hydrogen (secondary N) is 1. The average molecular weight is 364 g/mol. The fourth-order valence-corrected chi connectivity index (χ4v) is 3.91. The van der Waals surface area contributed by atoms with Crippen molar-refractivity contribution >= 4 is 31.9 Å². The molecule has 0 bridgehead atoms. The summed E-state index contributed by atoms with van der Waals surface area (Å²) in [6.07, 6.45) is 4.71. The van der Waals surface area contributed by atoms with Crippen LogP contribution >= 0.6 is 15.9 Å². The predicted octanol–water partition coefficient (Wildman–Crippen LogP) is 2.28. The second-order valence-corrected chi connectivity index (χ2v) is 6.93. The van der Waals surface area contributed by atoms with Crippen molar-refractivity contribution in [1.82, 2.24) is 4.72 Å². The van der Waals surface area contributed by atoms with Crippen LogP contribution < -0.4 is 4.72 Å². The van der Waals surface area contributed by atoms with E-state index >= 15 is 0 Å². The van der Waals surface area contributed by atoms with Gasteiger partial charge < -0.3 is 5.11 Å². The summed E-state index contributed by atoms with van der Waals surface area (Å²) in [4.78, 5) is 10.2. The number of carbonyl (C=O) groups is 1. The van der Waals surface area contributed by atoms with Gasteiger partial charge in [-0.25, -0.2) is 22.3 Å². The van der Waals surface area contributed by atoms with Crippen LogP contribution in [0.1, 0.15) is 23.2 Å². The maximum Gasteiger partial charge on any atom is 0.338 e. The molecule has 0 saturated carbocycles. The van der Waals surface area contributed by atoms with Gasteiger partial charge in [0.25, 0.3) is 0 Å². The van der Waals surface area contributed by atoms with Crippen molar-refractivity contribution in [2.24, 2.45) is 0 Å². The number of halogens is 2. The lowest BCUT2D eigenvalue weighted by atomic mass is 10.2. The zero-order chi connectivity index (χ0) is 14.9. The SMILES string of the molecule is O=C(O)c1cc(Br)cc(S(=O)(=O)NC2CC=CC2)c1F. The van der Waals surface area contributed by atoms with E-state index in [1.54, 1.807) is 0 Å². The van der Waals surface area contributed by atoms with E-state index in [0.29, 0.717) is 12.8 Å². The average Bonchev–Trinajstić information content (AvgIpc) is 2.83. The molecule has 8 heteroatoms. The molecular weight excluding hydrogens is 353 g/mol. The van der Waals surface area contributed by atoms with Crippen LogP contribution in [0.15, 0.2) is 33.7 Å². The van der Waals surface area contributed by atoms with Crippen molar-refractivity contribution in [1.29, 1.82) is 0 Å². The van der Waals surface area contributed by atoms with Gasteiger partial charge in [-0.05, 0) is 25.0 Å². The Morgan fingerprint density at radius 2 is 1.95 bits per heavy atom. The highest BCUT2D eigenvalue weighted by atomic mass is 79.9. The molecule has 5 nitrogen and oxygen atoms in total. The molecule has 0 radical (unpaired) electrons. The highest BCUT2D eigenvalue weighted by molar-refractivity contribution is 9.10. The van der Waals surface area contributed by atoms with Gasteiger partial charge in [0.15, 0.2) is 5.82 Å². The third-order valence-corrected chi connectivity index (χ3v) is 4.83. The van der Waals surface area contributed by atoms with Crippen molar-refractivity contribution in [3.05, 3.63) is 40.1 Å². The van der Waals surface area contributed by atoms with Gasteiger partial charge in [0.1, 0.15) is 4.90 Å². The molecule has 1 aliphatic carbocycles. The second kappa shape index (κ2) is 5.63. The molecule has 108 valence electrons. The summed E-state index contributed by atoms with van der Waals surface area (Å²) < 4.78 is 40.9. The van der Waals surface area contributed by atoms with Gasteiger partial charge in [-0.2, -0.15) is 0 Å². The number of aromatic carboxylic acids is 1. The lowest BCUT2D eigenvalue weighted by molar-refractivity contribution is 0.0691. The first kappa shape index (κ1) is 15.1. The van der Waals surface area contributed by atoms with Crippen molar-refractivity contribution in [3.8, 4) is 0 Å². The Kier molecular flexibility index (Phi) is 4.26. The highest BCUT2D eigenvalue weighted by Crippen LogP contribution is 2.25. The number of carboxylic acid groups (broad SMARTS) is 1. The lowest BCUT2D eigenvalue weighted by Gasteiger charge is -2.14. The minimum atomic E-state index is -4.11. The van der Waals surface area contributed by atoms with Gasteiger partial charge in [0, 0.05) is 10.5 Å². The Hall–Kier alpha value is -1.25. The molecule has 20 heavy (non-hydrogen) atoms. The van der Waals surface area contributed by atoms with Crippen LogP contribution in [-0.2, 0) is 10.0 Å². The van der Waals surface area contributed by atoms with Gasteiger partial charge >= 0.3 is 5.97 Å². The summed E-state index contributed by atoms with van der Waals surface area (Å²) in [5, 5.41) is 8.88. The van der Waals surface area contributed by atoms with E-state index in [4.69, 9.17) is 5.11 Å². The van der Waals surface area contributed by atoms with Crippen molar-refractivity contribution in [2.75, 3.05) is 0 Å². The third-order valence-electron chi connectivity index (χ3n) is 2.85. The topological polar surface area (TPSA) is 83.5 Å². The molecule has 0 aliphatic heterocycles. The summed E-state index contributed by atoms with van der Waals surface area (Å²) in [7, 11) is -4.11. The Morgan fingerprint density at radius 3 is 2.50 bits per heavy atom. The smallest absolute Gasteiger partial charge is 0.338 e. The van der Waals surface area contributed by atoms with Gasteiger partial charge in [-0.1, -0.05) is 28.1 Å². The number of hydrogen-bond donors (Lipinski definition) is 2. The summed E-state index contributed by atoms with van der Waals surface area (Å²) in [5.41, 5.74) is -0.690. The number of rotatable bonds is 4. The molecule has 0 fully saturated rings. The summed E-state index contributed by atoms with van der Waals surface area (Å²) in [6.45, 7) is 0. The zero-order valence-electron chi connectivity index (χ0n) is 10.1. The lowest BCUT2D eigenvalue weighted by Crippen LogP contribution is -2.33. The maximum atomic E-state index is 14.0. The van der Waals surface area contributed by atoms with Crippen LogP contribution in [0.5, 0.6) is 0 Å². The standard InChI is InChI=1S/C12H11BrFNO4S/c13-7-5-9(12(16)17)11(14)10(6-7)20(18,19)15-8-3-1-2-4-8/h1-2,5-6,8,15H,3-4H2,(H,16,17). The minimum Gasteiger partial charge on any atom is -0.478 e. The van der Waals surface area contributed by atoms with Crippen molar-refractivity contribution in [3.63, 3.8) is 0 Å². The van der Waals surface area contributed by atoms with E-state index in [-0.39, 0.29) is 10.5 Å². The first-order chi connectivity index (χ1) is 9.31. The van der Waals surface area contributed by atoms with E-state index < -0.39 is 32.3 Å². The van der Waals surface area contributed by atoms with E-state index in [1.165, 1.54) is 0 Å². The molecule has 0 amide bonds. The maximum absolute atomic E-state index is 14.0. The highest BCUT2D eigenvalue weighted by Gasteiger charge is 2.27. The first-order valence-corrected chi connectivity index (χ1v) is 7.98. The molecule has 1 aromatic carbocycles. The molecule has 0 heterocycles. The fourth-order valence-electron chi connectivity index (χ4n) is 1.91. The van der Waals surface area contributed by atoms with Gasteiger partial charge in [-0.15, -0.1) is 0 Å². The van der Waals surface area contributed by atoms with Crippen LogP contribution in [0, 0.1) is 5.82 Å². The van der Waals surface area contributed by atoms with Crippen molar-refractivity contribution in [2.45, 2.75) is 23.8 Å². The molecule has 1 aliphatic rings. The molecule has 0 unspecified atom stereocenters. The zero-order valence-corrected chi connectivity index (χ0v) is 12.5. The van der Waals surface area contributed by atoms with Crippen LogP contribution in [0.3, 0.4) is 0 Å². The Morgan fingerprint density at radius 1 is 1.35 bits per heavy atom. The molecule has 0 spiro atoms. The number of sulfonamides is 1. The predicted molar refractivity (Wildman–Crippen MR) is 73.5 cm³/mol. The van der Waals surface area contributed by atoms with E-state index in [1.807, 2.05) is 12.2 Å². The van der Waals surface area contributed by atoms with Gasteiger partial charge in [-0.3, -0.25) is 0 Å². The van der Waals surface area contributed by atoms with Gasteiger partial charge in [0.05, 0.1) is 5.56 Å². The summed E-state index contributed by atoms with van der Waals surface area (Å²) in [5.74, 6) is -2.79. The first-order valence-electron chi connectivity index (χ1n) is 5.71. The van der Waals surface area contributed by atoms with Crippen LogP contribution in [0.4, 0.5) is 4.39 Å². The number of hydrogen-bond acceptors (Lipinski definition) is 3.